The first kappa shape index (κ1) is 27.6. The molecule has 1 amide bonds. The summed E-state index contributed by atoms with van der Waals surface area (Å²) in [4.78, 5) is 29.4. The minimum absolute atomic E-state index is 0.00734. The van der Waals surface area contributed by atoms with Crippen molar-refractivity contribution >= 4 is 33.4 Å². The Hall–Kier alpha value is -3.42. The number of halogens is 1. The van der Waals surface area contributed by atoms with E-state index in [4.69, 9.17) is 4.74 Å². The van der Waals surface area contributed by atoms with Crippen molar-refractivity contribution in [3.63, 3.8) is 0 Å². The molecule has 3 aromatic carbocycles. The molecule has 0 bridgehead atoms. The SMILES string of the molecule is CC[NH+](CC)CCN1C(=O)C(=O)/C(=C(/[O-])c2ccc(OCc3ccccc3)cc2C)C1c1ccc(Br)cc1. The summed E-state index contributed by atoms with van der Waals surface area (Å²) in [6.45, 7) is 9.36. The highest BCUT2D eigenvalue weighted by Gasteiger charge is 2.44. The molecule has 198 valence electrons. The highest BCUT2D eigenvalue weighted by atomic mass is 79.9. The van der Waals surface area contributed by atoms with Crippen LogP contribution >= 0.6 is 15.9 Å². The molecule has 1 fully saturated rings. The Labute approximate surface area is 232 Å². The minimum Gasteiger partial charge on any atom is -0.872 e. The number of nitrogens with one attached hydrogen (secondary N) is 1. The van der Waals surface area contributed by atoms with Crippen molar-refractivity contribution in [1.29, 1.82) is 0 Å². The van der Waals surface area contributed by atoms with Gasteiger partial charge in [-0.25, -0.2) is 0 Å². The molecule has 0 saturated carbocycles. The lowest BCUT2D eigenvalue weighted by Gasteiger charge is -2.29. The lowest BCUT2D eigenvalue weighted by atomic mass is 9.94. The van der Waals surface area contributed by atoms with Crippen LogP contribution in [0.1, 0.15) is 42.1 Å². The third-order valence-electron chi connectivity index (χ3n) is 7.11. The van der Waals surface area contributed by atoms with Crippen molar-refractivity contribution in [3.8, 4) is 5.75 Å². The van der Waals surface area contributed by atoms with Crippen molar-refractivity contribution < 1.29 is 24.3 Å². The van der Waals surface area contributed by atoms with Gasteiger partial charge in [-0.2, -0.15) is 0 Å². The van der Waals surface area contributed by atoms with Gasteiger partial charge in [-0.3, -0.25) is 9.59 Å². The highest BCUT2D eigenvalue weighted by molar-refractivity contribution is 9.10. The highest BCUT2D eigenvalue weighted by Crippen LogP contribution is 2.39. The molecule has 1 saturated heterocycles. The molecule has 3 aromatic rings. The first-order chi connectivity index (χ1) is 18.3. The van der Waals surface area contributed by atoms with Crippen LogP contribution in [0.2, 0.25) is 0 Å². The van der Waals surface area contributed by atoms with Crippen LogP contribution in [0.4, 0.5) is 0 Å². The van der Waals surface area contributed by atoms with Gasteiger partial charge in [0.2, 0.25) is 5.78 Å². The summed E-state index contributed by atoms with van der Waals surface area (Å²) < 4.78 is 6.79. The van der Waals surface area contributed by atoms with Crippen molar-refractivity contribution in [2.24, 2.45) is 0 Å². The Morgan fingerprint density at radius 1 is 1.00 bits per heavy atom. The molecular weight excluding hydrogens is 544 g/mol. The Kier molecular flexibility index (Phi) is 9.02. The van der Waals surface area contributed by atoms with Gasteiger partial charge in [-0.1, -0.05) is 70.2 Å². The average Bonchev–Trinajstić information content (AvgIpc) is 3.18. The van der Waals surface area contributed by atoms with E-state index in [1.165, 1.54) is 4.90 Å². The zero-order chi connectivity index (χ0) is 27.2. The van der Waals surface area contributed by atoms with Crippen molar-refractivity contribution in [2.45, 2.75) is 33.4 Å². The van der Waals surface area contributed by atoms with E-state index in [0.29, 0.717) is 36.6 Å². The summed E-state index contributed by atoms with van der Waals surface area (Å²) in [5.41, 5.74) is 2.87. The van der Waals surface area contributed by atoms with Crippen LogP contribution in [0.5, 0.6) is 5.75 Å². The van der Waals surface area contributed by atoms with E-state index in [-0.39, 0.29) is 5.57 Å². The van der Waals surface area contributed by atoms with Gasteiger partial charge in [-0.05, 0) is 67.3 Å². The summed E-state index contributed by atoms with van der Waals surface area (Å²) in [7, 11) is 0. The van der Waals surface area contributed by atoms with E-state index in [2.05, 4.69) is 29.8 Å². The number of likely N-dealkylation sites (tertiary alicyclic amines) is 1. The number of benzene rings is 3. The molecule has 0 aromatic heterocycles. The number of likely N-dealkylation sites (N-methyl/N-ethyl adjacent to an activating group) is 1. The van der Waals surface area contributed by atoms with Crippen LogP contribution in [-0.4, -0.2) is 42.8 Å². The van der Waals surface area contributed by atoms with Crippen molar-refractivity contribution in [1.82, 2.24) is 4.90 Å². The lowest BCUT2D eigenvalue weighted by Crippen LogP contribution is -3.12. The molecule has 0 radical (unpaired) electrons. The summed E-state index contributed by atoms with van der Waals surface area (Å²) in [6, 6.07) is 21.8. The third kappa shape index (κ3) is 6.00. The zero-order valence-corrected chi connectivity index (χ0v) is 23.6. The Morgan fingerprint density at radius 3 is 2.32 bits per heavy atom. The van der Waals surface area contributed by atoms with Gasteiger partial charge in [0.1, 0.15) is 12.4 Å². The van der Waals surface area contributed by atoms with Gasteiger partial charge in [0.15, 0.2) is 0 Å². The first-order valence-electron chi connectivity index (χ1n) is 13.0. The number of aryl methyl sites for hydroxylation is 1. The molecule has 1 aliphatic rings. The first-order valence-corrected chi connectivity index (χ1v) is 13.8. The topological polar surface area (TPSA) is 74.1 Å². The van der Waals surface area contributed by atoms with Crippen LogP contribution in [0, 0.1) is 6.92 Å². The van der Waals surface area contributed by atoms with Crippen LogP contribution < -0.4 is 14.7 Å². The van der Waals surface area contributed by atoms with Crippen LogP contribution in [-0.2, 0) is 16.2 Å². The maximum atomic E-state index is 13.9. The zero-order valence-electron chi connectivity index (χ0n) is 22.0. The maximum Gasteiger partial charge on any atom is 0.295 e. The predicted molar refractivity (Wildman–Crippen MR) is 149 cm³/mol. The monoisotopic (exact) mass is 576 g/mol. The van der Waals surface area contributed by atoms with Crippen LogP contribution in [0.15, 0.2) is 82.8 Å². The average molecular weight is 578 g/mol. The fraction of sp³-hybridized carbons (Fsp3) is 0.290. The molecular formula is C31H33BrN2O4. The number of hydrogen-bond donors (Lipinski definition) is 1. The van der Waals surface area contributed by atoms with Gasteiger partial charge in [0.05, 0.1) is 32.2 Å². The fourth-order valence-electron chi connectivity index (χ4n) is 4.84. The number of hydrogen-bond acceptors (Lipinski definition) is 4. The van der Waals surface area contributed by atoms with E-state index >= 15 is 0 Å². The Balaban J connectivity index is 1.69. The summed E-state index contributed by atoms with van der Waals surface area (Å²) >= 11 is 3.45. The van der Waals surface area contributed by atoms with E-state index in [1.807, 2.05) is 61.5 Å². The predicted octanol–water partition coefficient (Wildman–Crippen LogP) is 3.49. The smallest absolute Gasteiger partial charge is 0.295 e. The molecule has 1 aliphatic heterocycles. The summed E-state index contributed by atoms with van der Waals surface area (Å²) in [5, 5.41) is 13.9. The molecule has 1 atom stereocenters. The molecule has 0 spiro atoms. The molecule has 7 heteroatoms. The maximum absolute atomic E-state index is 13.9. The molecule has 1 N–H and O–H groups in total. The molecule has 4 rings (SSSR count). The number of carbonyl (C=O) groups excluding carboxylic acids is 2. The van der Waals surface area contributed by atoms with Gasteiger partial charge in [-0.15, -0.1) is 0 Å². The van der Waals surface area contributed by atoms with Crippen molar-refractivity contribution in [3.05, 3.63) is 105 Å². The van der Waals surface area contributed by atoms with Gasteiger partial charge in [0, 0.05) is 10.0 Å². The molecule has 0 aliphatic carbocycles. The number of Topliss-reactive ketones (excluding diaryl/α,β-unsaturated/α-hetero) is 1. The van der Waals surface area contributed by atoms with Crippen molar-refractivity contribution in [2.75, 3.05) is 26.2 Å². The second kappa shape index (κ2) is 12.4. The van der Waals surface area contributed by atoms with Gasteiger partial charge >= 0.3 is 0 Å². The number of amides is 1. The normalized spacial score (nSPS) is 16.9. The second-order valence-electron chi connectivity index (χ2n) is 9.48. The fourth-order valence-corrected chi connectivity index (χ4v) is 5.11. The number of quaternary nitrogens is 1. The largest absolute Gasteiger partial charge is 0.872 e. The Morgan fingerprint density at radius 2 is 1.68 bits per heavy atom. The van der Waals surface area contributed by atoms with E-state index in [0.717, 1.165) is 28.7 Å². The number of carbonyl (C=O) groups is 2. The molecule has 1 heterocycles. The number of nitrogens with zero attached hydrogens (tertiary/aromatic N) is 1. The number of rotatable bonds is 10. The van der Waals surface area contributed by atoms with E-state index < -0.39 is 23.5 Å². The van der Waals surface area contributed by atoms with Crippen LogP contribution in [0.3, 0.4) is 0 Å². The standard InChI is InChI=1S/C31H33BrN2O4/c1-4-33(5-2)17-18-34-28(23-11-13-24(32)14-12-23)27(30(36)31(34)37)29(35)26-16-15-25(19-21(26)3)38-20-22-9-7-6-8-10-22/h6-16,19,28,35H,4-5,17-18,20H2,1-3H3/b29-27+. The number of ketones is 1. The summed E-state index contributed by atoms with van der Waals surface area (Å²) in [5.74, 6) is -1.12. The molecule has 38 heavy (non-hydrogen) atoms. The van der Waals surface area contributed by atoms with Crippen LogP contribution in [0.25, 0.3) is 5.76 Å². The third-order valence-corrected chi connectivity index (χ3v) is 7.64. The number of ether oxygens (including phenoxy) is 1. The quantitative estimate of drug-likeness (QED) is 0.228. The van der Waals surface area contributed by atoms with Gasteiger partial charge < -0.3 is 19.6 Å². The summed E-state index contributed by atoms with van der Waals surface area (Å²) in [6.07, 6.45) is 0. The lowest BCUT2D eigenvalue weighted by molar-refractivity contribution is -0.895. The van der Waals surface area contributed by atoms with Gasteiger partial charge in [0.25, 0.3) is 5.91 Å². The minimum atomic E-state index is -0.723. The molecule has 6 nitrogen and oxygen atoms in total. The van der Waals surface area contributed by atoms with E-state index in [9.17, 15) is 14.7 Å². The second-order valence-corrected chi connectivity index (χ2v) is 10.4. The molecule has 1 unspecified atom stereocenters. The Bertz CT molecular complexity index is 1320. The van der Waals surface area contributed by atoms with E-state index in [1.54, 1.807) is 23.1 Å².